The zero-order chi connectivity index (χ0) is 17.2. The summed E-state index contributed by atoms with van der Waals surface area (Å²) in [6.45, 7) is 0. The SMILES string of the molecule is Brc1ccc(-c2nnc(-c3ccc(Br)cc3)n2-c2ccccc2)cc1. The van der Waals surface area contributed by atoms with Crippen LogP contribution in [0.2, 0.25) is 0 Å². The Morgan fingerprint density at radius 3 is 1.44 bits per heavy atom. The van der Waals surface area contributed by atoms with Crippen molar-refractivity contribution in [1.82, 2.24) is 14.8 Å². The fourth-order valence-corrected chi connectivity index (χ4v) is 3.21. The lowest BCUT2D eigenvalue weighted by Crippen LogP contribution is -2.00. The molecule has 0 saturated carbocycles. The molecule has 1 aromatic heterocycles. The number of benzene rings is 3. The monoisotopic (exact) mass is 453 g/mol. The average Bonchev–Trinajstić information content (AvgIpc) is 3.09. The minimum atomic E-state index is 0.816. The molecule has 4 rings (SSSR count). The van der Waals surface area contributed by atoms with Crippen molar-refractivity contribution in [3.8, 4) is 28.5 Å². The minimum Gasteiger partial charge on any atom is -0.275 e. The smallest absolute Gasteiger partial charge is 0.168 e. The second-order valence-corrected chi connectivity index (χ2v) is 7.36. The van der Waals surface area contributed by atoms with E-state index < -0.39 is 0 Å². The topological polar surface area (TPSA) is 30.7 Å². The van der Waals surface area contributed by atoms with Gasteiger partial charge in [-0.15, -0.1) is 10.2 Å². The van der Waals surface area contributed by atoms with E-state index >= 15 is 0 Å². The highest BCUT2D eigenvalue weighted by atomic mass is 79.9. The summed E-state index contributed by atoms with van der Waals surface area (Å²) in [6.07, 6.45) is 0. The van der Waals surface area contributed by atoms with Crippen molar-refractivity contribution in [3.63, 3.8) is 0 Å². The summed E-state index contributed by atoms with van der Waals surface area (Å²) in [4.78, 5) is 0. The molecule has 0 atom stereocenters. The average molecular weight is 455 g/mol. The van der Waals surface area contributed by atoms with Crippen LogP contribution in [0.15, 0.2) is 87.8 Å². The molecule has 3 nitrogen and oxygen atoms in total. The maximum Gasteiger partial charge on any atom is 0.168 e. The van der Waals surface area contributed by atoms with E-state index in [-0.39, 0.29) is 0 Å². The predicted molar refractivity (Wildman–Crippen MR) is 108 cm³/mol. The van der Waals surface area contributed by atoms with Crippen LogP contribution in [0.3, 0.4) is 0 Å². The first-order valence-electron chi connectivity index (χ1n) is 7.75. The molecule has 0 aliphatic rings. The highest BCUT2D eigenvalue weighted by Crippen LogP contribution is 2.29. The predicted octanol–water partition coefficient (Wildman–Crippen LogP) is 6.13. The summed E-state index contributed by atoms with van der Waals surface area (Å²) in [5, 5.41) is 8.95. The summed E-state index contributed by atoms with van der Waals surface area (Å²) in [5.41, 5.74) is 3.06. The Morgan fingerprint density at radius 2 is 1.00 bits per heavy atom. The van der Waals surface area contributed by atoms with Crippen molar-refractivity contribution in [2.45, 2.75) is 0 Å². The molecule has 0 radical (unpaired) electrons. The van der Waals surface area contributed by atoms with Gasteiger partial charge in [0.2, 0.25) is 0 Å². The molecule has 5 heteroatoms. The van der Waals surface area contributed by atoms with Crippen LogP contribution in [0, 0.1) is 0 Å². The standard InChI is InChI=1S/C20H13Br2N3/c21-16-10-6-14(7-11-16)19-23-24-20(15-8-12-17(22)13-9-15)25(19)18-4-2-1-3-5-18/h1-13H. The van der Waals surface area contributed by atoms with E-state index in [0.29, 0.717) is 0 Å². The first-order valence-corrected chi connectivity index (χ1v) is 9.34. The number of para-hydroxylation sites is 1. The number of hydrogen-bond donors (Lipinski definition) is 0. The Kier molecular flexibility index (Phi) is 4.51. The lowest BCUT2D eigenvalue weighted by atomic mass is 10.1. The second-order valence-electron chi connectivity index (χ2n) is 5.53. The van der Waals surface area contributed by atoms with Crippen LogP contribution in [0.5, 0.6) is 0 Å². The van der Waals surface area contributed by atoms with Gasteiger partial charge in [0.1, 0.15) is 0 Å². The number of aromatic nitrogens is 3. The highest BCUT2D eigenvalue weighted by molar-refractivity contribution is 9.10. The van der Waals surface area contributed by atoms with E-state index in [2.05, 4.69) is 58.8 Å². The number of rotatable bonds is 3. The molecule has 25 heavy (non-hydrogen) atoms. The van der Waals surface area contributed by atoms with Gasteiger partial charge in [0.05, 0.1) is 0 Å². The number of hydrogen-bond acceptors (Lipinski definition) is 2. The lowest BCUT2D eigenvalue weighted by Gasteiger charge is -2.11. The van der Waals surface area contributed by atoms with Crippen LogP contribution in [-0.2, 0) is 0 Å². The molecule has 1 heterocycles. The zero-order valence-electron chi connectivity index (χ0n) is 13.1. The maximum atomic E-state index is 4.48. The van der Waals surface area contributed by atoms with Crippen molar-refractivity contribution >= 4 is 31.9 Å². The third kappa shape index (κ3) is 3.30. The molecular formula is C20H13Br2N3. The van der Waals surface area contributed by atoms with Crippen LogP contribution >= 0.6 is 31.9 Å². The van der Waals surface area contributed by atoms with Crippen molar-refractivity contribution in [1.29, 1.82) is 0 Å². The Hall–Kier alpha value is -2.24. The van der Waals surface area contributed by atoms with Crippen molar-refractivity contribution in [2.75, 3.05) is 0 Å². The normalized spacial score (nSPS) is 10.8. The largest absolute Gasteiger partial charge is 0.275 e. The molecule has 0 N–H and O–H groups in total. The first-order chi connectivity index (χ1) is 12.2. The van der Waals surface area contributed by atoms with E-state index in [1.165, 1.54) is 0 Å². The molecule has 4 aromatic rings. The molecule has 0 saturated heterocycles. The van der Waals surface area contributed by atoms with Crippen LogP contribution < -0.4 is 0 Å². The van der Waals surface area contributed by atoms with Gasteiger partial charge in [-0.1, -0.05) is 74.3 Å². The van der Waals surface area contributed by atoms with E-state index in [4.69, 9.17) is 0 Å². The molecule has 0 spiro atoms. The number of halogens is 2. The van der Waals surface area contributed by atoms with Gasteiger partial charge in [-0.3, -0.25) is 4.57 Å². The molecule has 0 aliphatic heterocycles. The minimum absolute atomic E-state index is 0.816. The zero-order valence-corrected chi connectivity index (χ0v) is 16.3. The summed E-state index contributed by atoms with van der Waals surface area (Å²) < 4.78 is 4.16. The molecule has 0 fully saturated rings. The lowest BCUT2D eigenvalue weighted by molar-refractivity contribution is 1.07. The van der Waals surface area contributed by atoms with Gasteiger partial charge in [0, 0.05) is 25.8 Å². The van der Waals surface area contributed by atoms with Gasteiger partial charge in [-0.2, -0.15) is 0 Å². The first kappa shape index (κ1) is 16.2. The van der Waals surface area contributed by atoms with Crippen molar-refractivity contribution in [3.05, 3.63) is 87.8 Å². The van der Waals surface area contributed by atoms with Gasteiger partial charge in [-0.05, 0) is 36.4 Å². The van der Waals surface area contributed by atoms with Crippen LogP contribution in [0.25, 0.3) is 28.5 Å². The summed E-state index contributed by atoms with van der Waals surface area (Å²) in [7, 11) is 0. The molecule has 0 bridgehead atoms. The van der Waals surface area contributed by atoms with Gasteiger partial charge in [-0.25, -0.2) is 0 Å². The van der Waals surface area contributed by atoms with Gasteiger partial charge >= 0.3 is 0 Å². The van der Waals surface area contributed by atoms with E-state index in [0.717, 1.165) is 37.4 Å². The Labute approximate surface area is 162 Å². The fourth-order valence-electron chi connectivity index (χ4n) is 2.68. The Balaban J connectivity index is 1.94. The fraction of sp³-hybridized carbons (Fsp3) is 0. The molecule has 0 aliphatic carbocycles. The Morgan fingerprint density at radius 1 is 0.560 bits per heavy atom. The van der Waals surface area contributed by atoms with Gasteiger partial charge in [0.25, 0.3) is 0 Å². The van der Waals surface area contributed by atoms with Crippen molar-refractivity contribution < 1.29 is 0 Å². The molecule has 3 aromatic carbocycles. The Bertz CT molecular complexity index is 929. The second kappa shape index (κ2) is 6.94. The molecular weight excluding hydrogens is 442 g/mol. The summed E-state index contributed by atoms with van der Waals surface area (Å²) >= 11 is 6.97. The quantitative estimate of drug-likeness (QED) is 0.373. The van der Waals surface area contributed by atoms with Crippen LogP contribution in [0.4, 0.5) is 0 Å². The highest BCUT2D eigenvalue weighted by Gasteiger charge is 2.16. The number of nitrogens with zero attached hydrogens (tertiary/aromatic N) is 3. The van der Waals surface area contributed by atoms with E-state index in [1.807, 2.05) is 66.7 Å². The van der Waals surface area contributed by atoms with E-state index in [9.17, 15) is 0 Å². The van der Waals surface area contributed by atoms with Gasteiger partial charge in [0.15, 0.2) is 11.6 Å². The maximum absolute atomic E-state index is 4.48. The van der Waals surface area contributed by atoms with E-state index in [1.54, 1.807) is 0 Å². The third-order valence-corrected chi connectivity index (χ3v) is 4.94. The molecule has 122 valence electrons. The molecule has 0 unspecified atom stereocenters. The van der Waals surface area contributed by atoms with Crippen molar-refractivity contribution in [2.24, 2.45) is 0 Å². The van der Waals surface area contributed by atoms with Crippen LogP contribution in [-0.4, -0.2) is 14.8 Å². The molecule has 0 amide bonds. The summed E-state index contributed by atoms with van der Waals surface area (Å²) in [6, 6.07) is 26.4. The third-order valence-electron chi connectivity index (χ3n) is 3.88. The van der Waals surface area contributed by atoms with Crippen LogP contribution in [0.1, 0.15) is 0 Å². The van der Waals surface area contributed by atoms with Gasteiger partial charge < -0.3 is 0 Å². The summed E-state index contributed by atoms with van der Waals surface area (Å²) in [5.74, 6) is 1.63.